The first-order valence-corrected chi connectivity index (χ1v) is 14.7. The molecule has 1 aromatic heterocycles. The maximum absolute atomic E-state index is 13.6. The van der Waals surface area contributed by atoms with E-state index in [9.17, 15) is 18.0 Å². The van der Waals surface area contributed by atoms with Crippen LogP contribution in [0, 0.1) is 6.92 Å². The second-order valence-electron chi connectivity index (χ2n) is 10.3. The summed E-state index contributed by atoms with van der Waals surface area (Å²) in [5.41, 5.74) is 3.62. The number of rotatable bonds is 4. The molecule has 0 unspecified atom stereocenters. The predicted molar refractivity (Wildman–Crippen MR) is 145 cm³/mol. The number of hydrogen-bond acceptors (Lipinski definition) is 5. The molecule has 0 spiro atoms. The van der Waals surface area contributed by atoms with Crippen LogP contribution in [0.1, 0.15) is 40.3 Å². The Balaban J connectivity index is 1.51. The Bertz CT molecular complexity index is 1440. The van der Waals surface area contributed by atoms with Gasteiger partial charge in [0.1, 0.15) is 5.69 Å². The molecule has 3 heterocycles. The van der Waals surface area contributed by atoms with Crippen molar-refractivity contribution in [2.75, 3.05) is 50.8 Å². The zero-order chi connectivity index (χ0) is 26.3. The molecule has 8 nitrogen and oxygen atoms in total. The third-order valence-electron chi connectivity index (χ3n) is 7.46. The van der Waals surface area contributed by atoms with Gasteiger partial charge < -0.3 is 14.4 Å². The first-order chi connectivity index (χ1) is 17.6. The highest BCUT2D eigenvalue weighted by atomic mass is 32.2. The third-order valence-corrected chi connectivity index (χ3v) is 9.07. The highest BCUT2D eigenvalue weighted by Gasteiger charge is 2.29. The summed E-state index contributed by atoms with van der Waals surface area (Å²) >= 11 is 0. The zero-order valence-electron chi connectivity index (χ0n) is 21.7. The maximum Gasteiger partial charge on any atom is 0.270 e. The predicted octanol–water partition coefficient (Wildman–Crippen LogP) is 2.98. The first-order valence-electron chi connectivity index (χ1n) is 12.9. The molecule has 0 aliphatic carbocycles. The summed E-state index contributed by atoms with van der Waals surface area (Å²) in [5.74, 6) is -0.248. The number of hydrogen-bond donors (Lipinski definition) is 0. The van der Waals surface area contributed by atoms with Crippen molar-refractivity contribution in [1.82, 2.24) is 19.3 Å². The molecule has 2 aromatic carbocycles. The minimum Gasteiger partial charge on any atom is -0.336 e. The monoisotopic (exact) mass is 522 g/mol. The number of piperazine rings is 1. The van der Waals surface area contributed by atoms with Crippen LogP contribution in [0.3, 0.4) is 0 Å². The maximum atomic E-state index is 13.6. The van der Waals surface area contributed by atoms with Crippen LogP contribution in [-0.2, 0) is 9.84 Å². The SMILES string of the molecule is Cc1cc(C(=O)N2CCN(C(C)C)CC2)cc(-n2c(C(=O)N3CCS(=O)(=O)CC3)cc3ccccc32)c1. The number of nitrogens with zero attached hydrogens (tertiary/aromatic N) is 4. The molecular formula is C28H34N4O4S. The number of carbonyl (C=O) groups is 2. The van der Waals surface area contributed by atoms with E-state index in [1.165, 1.54) is 0 Å². The summed E-state index contributed by atoms with van der Waals surface area (Å²) in [6.07, 6.45) is 0. The quantitative estimate of drug-likeness (QED) is 0.526. The molecule has 5 rings (SSSR count). The lowest BCUT2D eigenvalue weighted by molar-refractivity contribution is 0.0595. The van der Waals surface area contributed by atoms with E-state index in [-0.39, 0.29) is 36.4 Å². The Labute approximate surface area is 218 Å². The number of para-hydroxylation sites is 1. The summed E-state index contributed by atoms with van der Waals surface area (Å²) in [4.78, 5) is 33.0. The fourth-order valence-corrected chi connectivity index (χ4v) is 6.51. The van der Waals surface area contributed by atoms with E-state index in [0.717, 1.165) is 35.2 Å². The largest absolute Gasteiger partial charge is 0.336 e. The number of aryl methyl sites for hydroxylation is 1. The normalized spacial score (nSPS) is 18.5. The van der Waals surface area contributed by atoms with E-state index in [0.29, 0.717) is 30.4 Å². The summed E-state index contributed by atoms with van der Waals surface area (Å²) in [7, 11) is -3.10. The van der Waals surface area contributed by atoms with Crippen LogP contribution in [0.4, 0.5) is 0 Å². The Morgan fingerprint density at radius 1 is 0.811 bits per heavy atom. The Kier molecular flexibility index (Phi) is 6.85. The van der Waals surface area contributed by atoms with Crippen molar-refractivity contribution < 1.29 is 18.0 Å². The van der Waals surface area contributed by atoms with Crippen LogP contribution in [0.2, 0.25) is 0 Å². The summed E-state index contributed by atoms with van der Waals surface area (Å²) in [6.45, 7) is 9.76. The van der Waals surface area contributed by atoms with Gasteiger partial charge in [0.25, 0.3) is 11.8 Å². The molecule has 2 aliphatic heterocycles. The van der Waals surface area contributed by atoms with Crippen LogP contribution in [-0.4, -0.2) is 96.3 Å². The van der Waals surface area contributed by atoms with Gasteiger partial charge in [-0.15, -0.1) is 0 Å². The minimum absolute atomic E-state index is 0.000989. The van der Waals surface area contributed by atoms with Gasteiger partial charge in [-0.3, -0.25) is 14.5 Å². The van der Waals surface area contributed by atoms with Crippen molar-refractivity contribution in [3.63, 3.8) is 0 Å². The lowest BCUT2D eigenvalue weighted by Gasteiger charge is -2.37. The lowest BCUT2D eigenvalue weighted by Crippen LogP contribution is -2.50. The molecule has 0 bridgehead atoms. The van der Waals surface area contributed by atoms with Crippen molar-refractivity contribution in [2.24, 2.45) is 0 Å². The summed E-state index contributed by atoms with van der Waals surface area (Å²) < 4.78 is 25.8. The van der Waals surface area contributed by atoms with Crippen LogP contribution >= 0.6 is 0 Å². The van der Waals surface area contributed by atoms with Gasteiger partial charge in [0.2, 0.25) is 0 Å². The van der Waals surface area contributed by atoms with Gasteiger partial charge in [0.15, 0.2) is 9.84 Å². The van der Waals surface area contributed by atoms with Crippen molar-refractivity contribution in [2.45, 2.75) is 26.8 Å². The van der Waals surface area contributed by atoms with Crippen molar-refractivity contribution >= 4 is 32.6 Å². The number of aromatic nitrogens is 1. The smallest absolute Gasteiger partial charge is 0.270 e. The van der Waals surface area contributed by atoms with Gasteiger partial charge in [-0.2, -0.15) is 0 Å². The number of fused-ring (bicyclic) bond motifs is 1. The average Bonchev–Trinajstić information content (AvgIpc) is 3.27. The van der Waals surface area contributed by atoms with Gasteiger partial charge in [-0.1, -0.05) is 18.2 Å². The molecule has 9 heteroatoms. The molecule has 3 aromatic rings. The summed E-state index contributed by atoms with van der Waals surface area (Å²) in [6, 6.07) is 15.8. The van der Waals surface area contributed by atoms with Crippen molar-refractivity contribution in [3.05, 3.63) is 65.4 Å². The Hall–Kier alpha value is -3.17. The number of amides is 2. The average molecular weight is 523 g/mol. The van der Waals surface area contributed by atoms with Gasteiger partial charge in [-0.05, 0) is 56.7 Å². The first kappa shape index (κ1) is 25.5. The van der Waals surface area contributed by atoms with E-state index in [4.69, 9.17) is 0 Å². The van der Waals surface area contributed by atoms with Gasteiger partial charge in [0.05, 0.1) is 17.0 Å². The molecule has 0 saturated carbocycles. The molecule has 2 saturated heterocycles. The van der Waals surface area contributed by atoms with E-state index in [1.807, 2.05) is 64.9 Å². The van der Waals surface area contributed by atoms with Gasteiger partial charge in [-0.25, -0.2) is 8.42 Å². The van der Waals surface area contributed by atoms with Crippen molar-refractivity contribution in [1.29, 1.82) is 0 Å². The lowest BCUT2D eigenvalue weighted by atomic mass is 10.1. The van der Waals surface area contributed by atoms with E-state index in [1.54, 1.807) is 4.90 Å². The topological polar surface area (TPSA) is 82.9 Å². The summed E-state index contributed by atoms with van der Waals surface area (Å²) in [5, 5.41) is 0.912. The Morgan fingerprint density at radius 3 is 2.14 bits per heavy atom. The van der Waals surface area contributed by atoms with E-state index < -0.39 is 9.84 Å². The highest BCUT2D eigenvalue weighted by Crippen LogP contribution is 2.28. The molecule has 0 atom stereocenters. The minimum atomic E-state index is -3.10. The van der Waals surface area contributed by atoms with E-state index >= 15 is 0 Å². The second-order valence-corrected chi connectivity index (χ2v) is 12.7. The van der Waals surface area contributed by atoms with Crippen molar-refractivity contribution in [3.8, 4) is 5.69 Å². The number of sulfone groups is 1. The van der Waals surface area contributed by atoms with E-state index in [2.05, 4.69) is 18.7 Å². The molecule has 2 aliphatic rings. The molecule has 2 amide bonds. The van der Waals surface area contributed by atoms with Crippen LogP contribution in [0.5, 0.6) is 0 Å². The number of carbonyl (C=O) groups excluding carboxylic acids is 2. The van der Waals surface area contributed by atoms with Crippen LogP contribution < -0.4 is 0 Å². The fraction of sp³-hybridized carbons (Fsp3) is 0.429. The Morgan fingerprint density at radius 2 is 1.46 bits per heavy atom. The van der Waals surface area contributed by atoms with Crippen LogP contribution in [0.15, 0.2) is 48.5 Å². The van der Waals surface area contributed by atoms with Crippen LogP contribution in [0.25, 0.3) is 16.6 Å². The standard InChI is InChI=1S/C28H34N4O4S/c1-20(2)29-8-10-30(11-9-29)27(33)23-16-21(3)17-24(18-23)32-25-7-5-4-6-22(25)19-26(32)28(34)31-12-14-37(35,36)15-13-31/h4-7,16-20H,8-15H2,1-3H3. The molecular weight excluding hydrogens is 488 g/mol. The number of benzene rings is 2. The van der Waals surface area contributed by atoms with Gasteiger partial charge in [0, 0.05) is 61.9 Å². The second kappa shape index (κ2) is 9.95. The third kappa shape index (κ3) is 5.15. The highest BCUT2D eigenvalue weighted by molar-refractivity contribution is 7.91. The molecule has 2 fully saturated rings. The zero-order valence-corrected chi connectivity index (χ0v) is 22.5. The molecule has 196 valence electrons. The molecule has 0 radical (unpaired) electrons. The van der Waals surface area contributed by atoms with Gasteiger partial charge >= 0.3 is 0 Å². The molecule has 0 N–H and O–H groups in total. The fourth-order valence-electron chi connectivity index (χ4n) is 5.31. The molecule has 37 heavy (non-hydrogen) atoms.